The van der Waals surface area contributed by atoms with Gasteiger partial charge >= 0.3 is 5.97 Å². The van der Waals surface area contributed by atoms with E-state index in [4.69, 9.17) is 9.15 Å². The summed E-state index contributed by atoms with van der Waals surface area (Å²) in [4.78, 5) is 46.9. The summed E-state index contributed by atoms with van der Waals surface area (Å²) >= 11 is 0. The van der Waals surface area contributed by atoms with Crippen LogP contribution in [0.1, 0.15) is 50.7 Å². The highest BCUT2D eigenvalue weighted by molar-refractivity contribution is 6.13. The van der Waals surface area contributed by atoms with Crippen LogP contribution in [0.3, 0.4) is 0 Å². The number of nitrogens with one attached hydrogen (secondary N) is 1. The molecule has 26 heavy (non-hydrogen) atoms. The molecule has 2 rings (SSSR count). The Bertz CT molecular complexity index is 899. The summed E-state index contributed by atoms with van der Waals surface area (Å²) in [6, 6.07) is 5.32. The van der Waals surface area contributed by atoms with Crippen LogP contribution in [0.25, 0.3) is 0 Å². The third-order valence-corrected chi connectivity index (χ3v) is 3.49. The lowest BCUT2D eigenvalue weighted by molar-refractivity contribution is -0.385. The van der Waals surface area contributed by atoms with Gasteiger partial charge in [0.1, 0.15) is 16.9 Å². The van der Waals surface area contributed by atoms with E-state index in [1.165, 1.54) is 38.1 Å². The average molecular weight is 360 g/mol. The number of furan rings is 1. The van der Waals surface area contributed by atoms with E-state index in [1.807, 2.05) is 0 Å². The van der Waals surface area contributed by atoms with Crippen LogP contribution in [0.15, 0.2) is 28.7 Å². The Morgan fingerprint density at radius 1 is 1.23 bits per heavy atom. The van der Waals surface area contributed by atoms with E-state index in [0.29, 0.717) is 0 Å². The third kappa shape index (κ3) is 3.61. The number of ether oxygens (including phenoxy) is 1. The number of benzene rings is 1. The summed E-state index contributed by atoms with van der Waals surface area (Å²) < 4.78 is 10.3. The highest BCUT2D eigenvalue weighted by Crippen LogP contribution is 2.29. The lowest BCUT2D eigenvalue weighted by Crippen LogP contribution is -2.17. The van der Waals surface area contributed by atoms with Crippen LogP contribution in [-0.2, 0) is 4.74 Å². The van der Waals surface area contributed by atoms with Crippen molar-refractivity contribution in [3.63, 3.8) is 0 Å². The van der Waals surface area contributed by atoms with Crippen LogP contribution >= 0.6 is 0 Å². The molecular weight excluding hydrogens is 344 g/mol. The summed E-state index contributed by atoms with van der Waals surface area (Å²) in [5, 5.41) is 13.4. The number of aryl methyl sites for hydroxylation is 1. The maximum Gasteiger partial charge on any atom is 0.344 e. The SMILES string of the molecule is CCOC(=O)c1c(NC(=O)c2ccccc2[N+](=O)[O-])oc(C)c1C(C)=O. The molecule has 0 spiro atoms. The van der Waals surface area contributed by atoms with E-state index in [1.54, 1.807) is 6.92 Å². The number of nitro groups is 1. The van der Waals surface area contributed by atoms with Gasteiger partial charge in [-0.3, -0.25) is 25.0 Å². The molecule has 1 heterocycles. The number of para-hydroxylation sites is 1. The number of nitro benzene ring substituents is 1. The predicted octanol–water partition coefficient (Wildman–Crippen LogP) is 3.13. The van der Waals surface area contributed by atoms with Gasteiger partial charge in [0, 0.05) is 6.07 Å². The molecule has 136 valence electrons. The van der Waals surface area contributed by atoms with Crippen LogP contribution in [0.2, 0.25) is 0 Å². The second-order valence-corrected chi connectivity index (χ2v) is 5.24. The van der Waals surface area contributed by atoms with E-state index in [0.717, 1.165) is 0 Å². The first-order chi connectivity index (χ1) is 12.3. The lowest BCUT2D eigenvalue weighted by atomic mass is 10.1. The molecule has 1 amide bonds. The van der Waals surface area contributed by atoms with Gasteiger partial charge < -0.3 is 9.15 Å². The Balaban J connectivity index is 2.49. The second-order valence-electron chi connectivity index (χ2n) is 5.24. The number of carbonyl (C=O) groups excluding carboxylic acids is 3. The van der Waals surface area contributed by atoms with Crippen molar-refractivity contribution in [2.24, 2.45) is 0 Å². The van der Waals surface area contributed by atoms with Crippen LogP contribution in [0, 0.1) is 17.0 Å². The van der Waals surface area contributed by atoms with Crippen molar-refractivity contribution in [2.45, 2.75) is 20.8 Å². The van der Waals surface area contributed by atoms with E-state index in [9.17, 15) is 24.5 Å². The van der Waals surface area contributed by atoms with Gasteiger partial charge in [0.25, 0.3) is 11.6 Å². The van der Waals surface area contributed by atoms with Crippen molar-refractivity contribution in [2.75, 3.05) is 11.9 Å². The zero-order valence-corrected chi connectivity index (χ0v) is 14.3. The molecule has 0 unspecified atom stereocenters. The number of ketones is 1. The van der Waals surface area contributed by atoms with Crippen molar-refractivity contribution in [3.05, 3.63) is 56.8 Å². The largest absolute Gasteiger partial charge is 0.462 e. The quantitative estimate of drug-likeness (QED) is 0.362. The van der Waals surface area contributed by atoms with Crippen molar-refractivity contribution in [1.29, 1.82) is 0 Å². The van der Waals surface area contributed by atoms with Gasteiger partial charge in [-0.1, -0.05) is 12.1 Å². The van der Waals surface area contributed by atoms with Gasteiger partial charge in [0.15, 0.2) is 5.78 Å². The molecule has 0 aliphatic rings. The van der Waals surface area contributed by atoms with E-state index < -0.39 is 28.3 Å². The maximum atomic E-state index is 12.4. The summed E-state index contributed by atoms with van der Waals surface area (Å²) in [6.07, 6.45) is 0. The average Bonchev–Trinajstić information content (AvgIpc) is 2.91. The second kappa shape index (κ2) is 7.60. The van der Waals surface area contributed by atoms with Crippen molar-refractivity contribution in [1.82, 2.24) is 0 Å². The molecule has 0 radical (unpaired) electrons. The highest BCUT2D eigenvalue weighted by Gasteiger charge is 2.30. The smallest absolute Gasteiger partial charge is 0.344 e. The molecule has 0 saturated carbocycles. The third-order valence-electron chi connectivity index (χ3n) is 3.49. The van der Waals surface area contributed by atoms with Gasteiger partial charge in [-0.05, 0) is 26.8 Å². The fourth-order valence-corrected chi connectivity index (χ4v) is 2.45. The molecule has 0 aliphatic carbocycles. The minimum absolute atomic E-state index is 0.0127. The maximum absolute atomic E-state index is 12.4. The first-order valence-corrected chi connectivity index (χ1v) is 7.64. The molecule has 1 aromatic heterocycles. The lowest BCUT2D eigenvalue weighted by Gasteiger charge is -2.06. The molecule has 1 aromatic carbocycles. The Kier molecular flexibility index (Phi) is 5.51. The Hall–Kier alpha value is -3.49. The first kappa shape index (κ1) is 18.8. The molecule has 0 saturated heterocycles. The van der Waals surface area contributed by atoms with Gasteiger partial charge in [-0.25, -0.2) is 4.79 Å². The number of hydrogen-bond donors (Lipinski definition) is 1. The van der Waals surface area contributed by atoms with Crippen molar-refractivity contribution in [3.8, 4) is 0 Å². The molecule has 0 fully saturated rings. The molecule has 0 aliphatic heterocycles. The topological polar surface area (TPSA) is 129 Å². The first-order valence-electron chi connectivity index (χ1n) is 7.64. The molecular formula is C17H16N2O7. The predicted molar refractivity (Wildman–Crippen MR) is 90.5 cm³/mol. The molecule has 1 N–H and O–H groups in total. The van der Waals surface area contributed by atoms with Gasteiger partial charge in [-0.2, -0.15) is 0 Å². The molecule has 2 aromatic rings. The van der Waals surface area contributed by atoms with Crippen molar-refractivity contribution >= 4 is 29.2 Å². The minimum Gasteiger partial charge on any atom is -0.462 e. The normalized spacial score (nSPS) is 10.3. The van der Waals surface area contributed by atoms with Crippen LogP contribution in [-0.4, -0.2) is 29.2 Å². The summed E-state index contributed by atoms with van der Waals surface area (Å²) in [7, 11) is 0. The molecule has 9 nitrogen and oxygen atoms in total. The number of esters is 1. The Morgan fingerprint density at radius 2 is 1.88 bits per heavy atom. The molecule has 0 atom stereocenters. The highest BCUT2D eigenvalue weighted by atomic mass is 16.6. The standard InChI is InChI=1S/C17H16N2O7/c1-4-25-17(22)14-13(9(2)20)10(3)26-16(14)18-15(21)11-7-5-6-8-12(11)19(23)24/h5-8H,4H2,1-3H3,(H,18,21). The van der Waals surface area contributed by atoms with E-state index in [-0.39, 0.29) is 34.9 Å². The number of carbonyl (C=O) groups is 3. The summed E-state index contributed by atoms with van der Waals surface area (Å²) in [5.74, 6) is -2.31. The van der Waals surface area contributed by atoms with Gasteiger partial charge in [-0.15, -0.1) is 0 Å². The fraction of sp³-hybridized carbons (Fsp3) is 0.235. The zero-order valence-electron chi connectivity index (χ0n) is 14.3. The van der Waals surface area contributed by atoms with E-state index in [2.05, 4.69) is 5.32 Å². The zero-order chi connectivity index (χ0) is 19.4. The Labute approximate surface area is 148 Å². The van der Waals surface area contributed by atoms with Gasteiger partial charge in [0.05, 0.1) is 17.1 Å². The van der Waals surface area contributed by atoms with Crippen molar-refractivity contribution < 1.29 is 28.5 Å². The number of hydrogen-bond acceptors (Lipinski definition) is 7. The summed E-state index contributed by atoms with van der Waals surface area (Å²) in [5.41, 5.74) is -0.853. The minimum atomic E-state index is -0.855. The monoisotopic (exact) mass is 360 g/mol. The number of amides is 1. The fourth-order valence-electron chi connectivity index (χ4n) is 2.45. The number of nitrogens with zero attached hydrogens (tertiary/aromatic N) is 1. The van der Waals surface area contributed by atoms with Crippen LogP contribution in [0.4, 0.5) is 11.6 Å². The Morgan fingerprint density at radius 3 is 2.46 bits per heavy atom. The molecule has 9 heteroatoms. The number of Topliss-reactive ketones (excluding diaryl/α,β-unsaturated/α-hetero) is 1. The van der Waals surface area contributed by atoms with E-state index >= 15 is 0 Å². The van der Waals surface area contributed by atoms with Gasteiger partial charge in [0.2, 0.25) is 5.88 Å². The number of rotatable bonds is 6. The molecule has 0 bridgehead atoms. The number of anilines is 1. The summed E-state index contributed by atoms with van der Waals surface area (Å²) in [6.45, 7) is 4.34. The van der Waals surface area contributed by atoms with Crippen LogP contribution in [0.5, 0.6) is 0 Å². The van der Waals surface area contributed by atoms with Crippen LogP contribution < -0.4 is 5.32 Å².